The molecule has 0 saturated carbocycles. The number of rotatable bonds is 3. The van der Waals surface area contributed by atoms with Gasteiger partial charge in [-0.2, -0.15) is 0 Å². The fourth-order valence-corrected chi connectivity index (χ4v) is 2.74. The maximum atomic E-state index is 12.2. The van der Waals surface area contributed by atoms with Crippen molar-refractivity contribution in [2.24, 2.45) is 0 Å². The zero-order valence-electron chi connectivity index (χ0n) is 12.6. The second-order valence-corrected chi connectivity index (χ2v) is 5.21. The van der Waals surface area contributed by atoms with Gasteiger partial charge in [-0.3, -0.25) is 0 Å². The normalized spacial score (nSPS) is 10.7. The Morgan fingerprint density at radius 2 is 1.78 bits per heavy atom. The summed E-state index contributed by atoms with van der Waals surface area (Å²) in [5, 5.41) is 20.9. The maximum absolute atomic E-state index is 12.2. The average Bonchev–Trinajstić information content (AvgIpc) is 2.61. The van der Waals surface area contributed by atoms with Crippen LogP contribution in [0.2, 0.25) is 0 Å². The summed E-state index contributed by atoms with van der Waals surface area (Å²) in [6.45, 7) is -0.116. The van der Waals surface area contributed by atoms with E-state index in [0.29, 0.717) is 22.1 Å². The number of aliphatic hydroxyl groups excluding tert-OH is 1. The van der Waals surface area contributed by atoms with Gasteiger partial charge in [-0.15, -0.1) is 0 Å². The highest BCUT2D eigenvalue weighted by molar-refractivity contribution is 6.10. The lowest BCUT2D eigenvalue weighted by Gasteiger charge is -2.14. The zero-order chi connectivity index (χ0) is 16.4. The van der Waals surface area contributed by atoms with Crippen LogP contribution in [0.5, 0.6) is 5.75 Å². The topological polar surface area (TPSA) is 66.8 Å². The number of benzene rings is 3. The molecule has 0 bridgehead atoms. The molecular weight excluding hydrogens is 292 g/mol. The van der Waals surface area contributed by atoms with Gasteiger partial charge in [0.2, 0.25) is 0 Å². The van der Waals surface area contributed by atoms with Crippen LogP contribution in [0.4, 0.5) is 0 Å². The van der Waals surface area contributed by atoms with Gasteiger partial charge in [0.25, 0.3) is 0 Å². The highest BCUT2D eigenvalue weighted by Crippen LogP contribution is 2.38. The van der Waals surface area contributed by atoms with Crippen molar-refractivity contribution in [3.8, 4) is 16.9 Å². The van der Waals surface area contributed by atoms with Crippen molar-refractivity contribution < 1.29 is 19.7 Å². The van der Waals surface area contributed by atoms with Crippen molar-refractivity contribution in [3.05, 3.63) is 65.7 Å². The number of phenolic OH excluding ortho intramolecular Hbond substituents is 1. The largest absolute Gasteiger partial charge is 0.507 e. The molecular formula is C19H16O4. The van der Waals surface area contributed by atoms with Crippen LogP contribution in [-0.2, 0) is 11.3 Å². The number of carbonyl (C=O) groups is 1. The minimum absolute atomic E-state index is 0.0182. The third kappa shape index (κ3) is 2.64. The van der Waals surface area contributed by atoms with E-state index in [1.54, 1.807) is 18.2 Å². The number of methoxy groups -OCH3 is 1. The third-order valence-corrected chi connectivity index (χ3v) is 3.83. The van der Waals surface area contributed by atoms with Crippen molar-refractivity contribution in [3.63, 3.8) is 0 Å². The van der Waals surface area contributed by atoms with E-state index >= 15 is 0 Å². The Morgan fingerprint density at radius 1 is 1.04 bits per heavy atom. The minimum atomic E-state index is -0.507. The lowest BCUT2D eigenvalue weighted by atomic mass is 9.92. The summed E-state index contributed by atoms with van der Waals surface area (Å²) >= 11 is 0. The molecule has 0 heterocycles. The Morgan fingerprint density at radius 3 is 2.43 bits per heavy atom. The van der Waals surface area contributed by atoms with Gasteiger partial charge in [-0.05, 0) is 28.6 Å². The standard InChI is InChI=1S/C19H16O4/c1-23-19(22)16-10-17(21)15-9-12(11-20)7-8-14(15)18(16)13-5-3-2-4-6-13/h2-10,20-21H,11H2,1H3. The van der Waals surface area contributed by atoms with Crippen molar-refractivity contribution in [1.29, 1.82) is 0 Å². The van der Waals surface area contributed by atoms with Gasteiger partial charge in [0.05, 0.1) is 19.3 Å². The van der Waals surface area contributed by atoms with Gasteiger partial charge >= 0.3 is 5.97 Å². The van der Waals surface area contributed by atoms with Crippen LogP contribution in [0.1, 0.15) is 15.9 Å². The van der Waals surface area contributed by atoms with Gasteiger partial charge in [0.15, 0.2) is 0 Å². The van der Waals surface area contributed by atoms with Crippen LogP contribution in [0, 0.1) is 0 Å². The first-order valence-corrected chi connectivity index (χ1v) is 7.19. The number of carbonyl (C=O) groups excluding carboxylic acids is 1. The molecule has 0 atom stereocenters. The smallest absolute Gasteiger partial charge is 0.338 e. The third-order valence-electron chi connectivity index (χ3n) is 3.83. The Bertz CT molecular complexity index is 869. The summed E-state index contributed by atoms with van der Waals surface area (Å²) in [6, 6.07) is 16.2. The van der Waals surface area contributed by atoms with Crippen LogP contribution in [0.25, 0.3) is 21.9 Å². The van der Waals surface area contributed by atoms with Crippen molar-refractivity contribution in [2.75, 3.05) is 7.11 Å². The molecule has 0 spiro atoms. The molecule has 4 heteroatoms. The van der Waals surface area contributed by atoms with E-state index in [9.17, 15) is 15.0 Å². The fraction of sp³-hybridized carbons (Fsp3) is 0.105. The Kier molecular flexibility index (Phi) is 4.00. The molecule has 0 aliphatic heterocycles. The molecule has 4 nitrogen and oxygen atoms in total. The van der Waals surface area contributed by atoms with Crippen molar-refractivity contribution in [2.45, 2.75) is 6.61 Å². The van der Waals surface area contributed by atoms with E-state index in [-0.39, 0.29) is 12.4 Å². The van der Waals surface area contributed by atoms with Gasteiger partial charge < -0.3 is 14.9 Å². The minimum Gasteiger partial charge on any atom is -0.507 e. The molecule has 0 fully saturated rings. The first-order chi connectivity index (χ1) is 11.2. The van der Waals surface area contributed by atoms with E-state index < -0.39 is 5.97 Å². The lowest BCUT2D eigenvalue weighted by molar-refractivity contribution is 0.0601. The predicted octanol–water partition coefficient (Wildman–Crippen LogP) is 3.49. The van der Waals surface area contributed by atoms with Gasteiger partial charge in [-0.1, -0.05) is 42.5 Å². The highest BCUT2D eigenvalue weighted by atomic mass is 16.5. The molecule has 3 aromatic rings. The Labute approximate surface area is 133 Å². The molecule has 23 heavy (non-hydrogen) atoms. The molecule has 2 N–H and O–H groups in total. The van der Waals surface area contributed by atoms with Crippen LogP contribution >= 0.6 is 0 Å². The van der Waals surface area contributed by atoms with E-state index in [0.717, 1.165) is 10.9 Å². The molecule has 0 aliphatic carbocycles. The number of aliphatic hydroxyl groups is 1. The number of hydrogen-bond acceptors (Lipinski definition) is 4. The Balaban J connectivity index is 2.41. The van der Waals surface area contributed by atoms with E-state index in [2.05, 4.69) is 0 Å². The van der Waals surface area contributed by atoms with E-state index in [1.807, 2.05) is 30.3 Å². The first kappa shape index (κ1) is 15.1. The molecule has 0 amide bonds. The van der Waals surface area contributed by atoms with Crippen molar-refractivity contribution in [1.82, 2.24) is 0 Å². The molecule has 0 saturated heterocycles. The molecule has 0 aliphatic rings. The van der Waals surface area contributed by atoms with Crippen LogP contribution in [0.15, 0.2) is 54.6 Å². The second kappa shape index (κ2) is 6.10. The van der Waals surface area contributed by atoms with Crippen molar-refractivity contribution >= 4 is 16.7 Å². The van der Waals surface area contributed by atoms with Crippen LogP contribution in [0.3, 0.4) is 0 Å². The van der Waals surface area contributed by atoms with Gasteiger partial charge in [0.1, 0.15) is 5.75 Å². The molecule has 3 aromatic carbocycles. The van der Waals surface area contributed by atoms with Crippen LogP contribution in [-0.4, -0.2) is 23.3 Å². The fourth-order valence-electron chi connectivity index (χ4n) is 2.74. The number of fused-ring (bicyclic) bond motifs is 1. The van der Waals surface area contributed by atoms with E-state index in [1.165, 1.54) is 13.2 Å². The molecule has 0 aromatic heterocycles. The molecule has 3 rings (SSSR count). The zero-order valence-corrected chi connectivity index (χ0v) is 12.6. The number of ether oxygens (including phenoxy) is 1. The summed E-state index contributed by atoms with van der Waals surface area (Å²) in [4.78, 5) is 12.2. The SMILES string of the molecule is COC(=O)c1cc(O)c2cc(CO)ccc2c1-c1ccccc1. The highest BCUT2D eigenvalue weighted by Gasteiger charge is 2.19. The lowest BCUT2D eigenvalue weighted by Crippen LogP contribution is -2.04. The number of hydrogen-bond donors (Lipinski definition) is 2. The predicted molar refractivity (Wildman–Crippen MR) is 88.3 cm³/mol. The average molecular weight is 308 g/mol. The van der Waals surface area contributed by atoms with E-state index in [4.69, 9.17) is 4.74 Å². The van der Waals surface area contributed by atoms with Gasteiger partial charge in [-0.25, -0.2) is 4.79 Å². The summed E-state index contributed by atoms with van der Waals surface area (Å²) in [6.07, 6.45) is 0. The summed E-state index contributed by atoms with van der Waals surface area (Å²) in [5.41, 5.74) is 2.56. The molecule has 0 radical (unpaired) electrons. The monoisotopic (exact) mass is 308 g/mol. The number of aromatic hydroxyl groups is 1. The summed E-state index contributed by atoms with van der Waals surface area (Å²) < 4.78 is 4.86. The molecule has 0 unspecified atom stereocenters. The quantitative estimate of drug-likeness (QED) is 0.727. The molecule has 116 valence electrons. The number of esters is 1. The second-order valence-electron chi connectivity index (χ2n) is 5.21. The first-order valence-electron chi connectivity index (χ1n) is 7.19. The summed E-state index contributed by atoms with van der Waals surface area (Å²) in [5.74, 6) is -0.525. The maximum Gasteiger partial charge on any atom is 0.338 e. The number of phenols is 1. The van der Waals surface area contributed by atoms with Gasteiger partial charge in [0, 0.05) is 10.9 Å². The Hall–Kier alpha value is -2.85. The summed E-state index contributed by atoms with van der Waals surface area (Å²) in [7, 11) is 1.31. The van der Waals surface area contributed by atoms with Crippen LogP contribution < -0.4 is 0 Å².